The summed E-state index contributed by atoms with van der Waals surface area (Å²) < 4.78 is 36.2. The van der Waals surface area contributed by atoms with E-state index >= 15 is 0 Å². The van der Waals surface area contributed by atoms with Crippen molar-refractivity contribution in [2.24, 2.45) is 0 Å². The quantitative estimate of drug-likeness (QED) is 0.758. The predicted octanol–water partition coefficient (Wildman–Crippen LogP) is 2.41. The van der Waals surface area contributed by atoms with Gasteiger partial charge in [-0.05, 0) is 29.8 Å². The Labute approximate surface area is 110 Å². The molecule has 0 saturated heterocycles. The normalized spacial score (nSPS) is 12.7. The van der Waals surface area contributed by atoms with Crippen LogP contribution in [-0.2, 0) is 4.74 Å². The molecule has 4 heteroatoms. The molecule has 0 bridgehead atoms. The van der Waals surface area contributed by atoms with Crippen molar-refractivity contribution in [3.8, 4) is 17.2 Å². The molecular formula is C14H10N2O2. The van der Waals surface area contributed by atoms with Gasteiger partial charge in [0, 0.05) is 11.8 Å². The van der Waals surface area contributed by atoms with Crippen molar-refractivity contribution in [3.63, 3.8) is 0 Å². The van der Waals surface area contributed by atoms with E-state index < -0.39 is 23.6 Å². The molecule has 1 aromatic carbocycles. The summed E-state index contributed by atoms with van der Waals surface area (Å²) in [4.78, 5) is 15.5. The maximum absolute atomic E-state index is 11.6. The number of carbonyl (C=O) groups is 1. The van der Waals surface area contributed by atoms with Gasteiger partial charge in [0.05, 0.1) is 18.2 Å². The molecule has 0 spiro atoms. The Morgan fingerprint density at radius 1 is 1.33 bits per heavy atom. The van der Waals surface area contributed by atoms with Gasteiger partial charge in [0.25, 0.3) is 0 Å². The highest BCUT2D eigenvalue weighted by Gasteiger charge is 2.05. The van der Waals surface area contributed by atoms with Crippen molar-refractivity contribution in [1.82, 2.24) is 4.98 Å². The Hall–Kier alpha value is -2.67. The Morgan fingerprint density at radius 2 is 2.06 bits per heavy atom. The molecule has 0 aliphatic rings. The van der Waals surface area contributed by atoms with E-state index in [0.29, 0.717) is 5.56 Å². The van der Waals surface area contributed by atoms with E-state index in [1.807, 2.05) is 6.07 Å². The van der Waals surface area contributed by atoms with Gasteiger partial charge in [0.1, 0.15) is 11.8 Å². The minimum Gasteiger partial charge on any atom is -0.465 e. The number of hydrogen-bond acceptors (Lipinski definition) is 4. The molecule has 0 N–H and O–H groups in total. The van der Waals surface area contributed by atoms with E-state index in [1.54, 1.807) is 0 Å². The van der Waals surface area contributed by atoms with Crippen LogP contribution in [0.25, 0.3) is 11.1 Å². The smallest absolute Gasteiger partial charge is 0.337 e. The van der Waals surface area contributed by atoms with Gasteiger partial charge >= 0.3 is 5.97 Å². The third kappa shape index (κ3) is 2.36. The summed E-state index contributed by atoms with van der Waals surface area (Å²) in [5.41, 5.74) is 0.0973. The fraction of sp³-hybridized carbons (Fsp3) is 0.0714. The molecule has 18 heavy (non-hydrogen) atoms. The predicted molar refractivity (Wildman–Crippen MR) is 65.7 cm³/mol. The average molecular weight is 242 g/mol. The third-order valence-electron chi connectivity index (χ3n) is 2.18. The maximum atomic E-state index is 11.6. The zero-order valence-corrected chi connectivity index (χ0v) is 9.44. The van der Waals surface area contributed by atoms with E-state index in [2.05, 4.69) is 9.72 Å². The largest absolute Gasteiger partial charge is 0.465 e. The number of nitrogens with zero attached hydrogens (tertiary/aromatic N) is 2. The highest BCUT2D eigenvalue weighted by atomic mass is 16.5. The molecule has 0 unspecified atom stereocenters. The monoisotopic (exact) mass is 242 g/mol. The molecule has 0 aliphatic heterocycles. The number of ether oxygens (including phenoxy) is 1. The number of hydrogen-bond donors (Lipinski definition) is 0. The van der Waals surface area contributed by atoms with Gasteiger partial charge in [-0.15, -0.1) is 0 Å². The van der Waals surface area contributed by atoms with Crippen molar-refractivity contribution in [2.45, 2.75) is 0 Å². The first-order chi connectivity index (χ1) is 10.4. The number of benzene rings is 1. The van der Waals surface area contributed by atoms with Gasteiger partial charge < -0.3 is 4.74 Å². The Morgan fingerprint density at radius 3 is 2.56 bits per heavy atom. The molecule has 88 valence electrons. The first kappa shape index (κ1) is 7.62. The van der Waals surface area contributed by atoms with Crippen molar-refractivity contribution in [1.29, 1.82) is 5.26 Å². The molecule has 1 heterocycles. The van der Waals surface area contributed by atoms with Crippen molar-refractivity contribution in [3.05, 3.63) is 53.8 Å². The molecule has 4 nitrogen and oxygen atoms in total. The van der Waals surface area contributed by atoms with E-state index in [1.165, 1.54) is 18.3 Å². The van der Waals surface area contributed by atoms with E-state index in [-0.39, 0.29) is 23.3 Å². The zero-order chi connectivity index (χ0) is 16.4. The van der Waals surface area contributed by atoms with Gasteiger partial charge in [-0.1, -0.05) is 12.1 Å². The highest BCUT2D eigenvalue weighted by molar-refractivity contribution is 5.89. The van der Waals surface area contributed by atoms with Crippen LogP contribution in [0.3, 0.4) is 0 Å². The minimum absolute atomic E-state index is 0.0136. The highest BCUT2D eigenvalue weighted by Crippen LogP contribution is 2.19. The van der Waals surface area contributed by atoms with Crippen molar-refractivity contribution < 1.29 is 15.0 Å². The summed E-state index contributed by atoms with van der Waals surface area (Å²) >= 11 is 0. The van der Waals surface area contributed by atoms with Crippen LogP contribution in [0.2, 0.25) is 0 Å². The number of rotatable bonds is 2. The number of aromatic nitrogens is 1. The second-order valence-electron chi connectivity index (χ2n) is 3.29. The van der Waals surface area contributed by atoms with Crippen LogP contribution in [0.5, 0.6) is 0 Å². The summed E-state index contributed by atoms with van der Waals surface area (Å²) in [6, 6.07) is 3.05. The molecule has 2 rings (SSSR count). The lowest BCUT2D eigenvalue weighted by Crippen LogP contribution is -2.00. The lowest BCUT2D eigenvalue weighted by molar-refractivity contribution is 0.0601. The van der Waals surface area contributed by atoms with Crippen LogP contribution in [-0.4, -0.2) is 18.1 Å². The first-order valence-electron chi connectivity index (χ1n) is 6.97. The van der Waals surface area contributed by atoms with Crippen LogP contribution >= 0.6 is 0 Å². The lowest BCUT2D eigenvalue weighted by atomic mass is 10.1. The van der Waals surface area contributed by atoms with Crippen LogP contribution in [0.15, 0.2) is 42.5 Å². The summed E-state index contributed by atoms with van der Waals surface area (Å²) in [5.74, 6) is -0.929. The summed E-state index contributed by atoms with van der Waals surface area (Å²) in [7, 11) is 1.10. The first-order valence-corrected chi connectivity index (χ1v) is 4.97. The van der Waals surface area contributed by atoms with Crippen molar-refractivity contribution in [2.75, 3.05) is 7.11 Å². The Balaban J connectivity index is 2.73. The number of nitriles is 1. The summed E-state index contributed by atoms with van der Waals surface area (Å²) in [6.07, 6.45) is 1.29. The summed E-state index contributed by atoms with van der Waals surface area (Å²) in [6.45, 7) is 0. The van der Waals surface area contributed by atoms with E-state index in [4.69, 9.17) is 10.7 Å². The fourth-order valence-electron chi connectivity index (χ4n) is 1.27. The van der Waals surface area contributed by atoms with Gasteiger partial charge in [-0.3, -0.25) is 0 Å². The Bertz CT molecular complexity index is 769. The second kappa shape index (κ2) is 5.11. The van der Waals surface area contributed by atoms with Crippen molar-refractivity contribution >= 4 is 5.97 Å². The standard InChI is InChI=1S/C14H10N2O2/c1-18-14(17)11-4-2-10(3-5-11)12-6-7-13(8-15)16-9-12/h2-7,9H,1H3/i2D,3D,4D,5D. The molecule has 0 radical (unpaired) electrons. The molecule has 0 saturated carbocycles. The molecule has 0 aliphatic carbocycles. The van der Waals surface area contributed by atoms with Gasteiger partial charge in [0.2, 0.25) is 0 Å². The molecule has 2 aromatic rings. The van der Waals surface area contributed by atoms with E-state index in [9.17, 15) is 4.79 Å². The average Bonchev–Trinajstić information content (AvgIpc) is 2.53. The molecule has 1 aromatic heterocycles. The van der Waals surface area contributed by atoms with Gasteiger partial charge in [-0.25, -0.2) is 9.78 Å². The maximum Gasteiger partial charge on any atom is 0.337 e. The topological polar surface area (TPSA) is 63.0 Å². The van der Waals surface area contributed by atoms with Gasteiger partial charge in [0.15, 0.2) is 0 Å². The van der Waals surface area contributed by atoms with Crippen LogP contribution in [0.1, 0.15) is 21.5 Å². The Kier molecular flexibility index (Phi) is 2.16. The van der Waals surface area contributed by atoms with Gasteiger partial charge in [-0.2, -0.15) is 5.26 Å². The zero-order valence-electron chi connectivity index (χ0n) is 13.4. The number of carbonyl (C=O) groups excluding carboxylic acids is 1. The number of methoxy groups -OCH3 is 1. The number of esters is 1. The fourth-order valence-corrected chi connectivity index (χ4v) is 1.27. The summed E-state index contributed by atoms with van der Waals surface area (Å²) in [5, 5.41) is 8.72. The number of pyridine rings is 1. The molecule has 0 amide bonds. The van der Waals surface area contributed by atoms with E-state index in [0.717, 1.165) is 7.11 Å². The third-order valence-corrected chi connectivity index (χ3v) is 2.18. The van der Waals surface area contributed by atoms with Crippen LogP contribution in [0.4, 0.5) is 0 Å². The minimum atomic E-state index is -0.929. The molecule has 0 atom stereocenters. The SMILES string of the molecule is [2H]c1c([2H])c(-c2ccc(C#N)nc2)c([2H])c([2H])c1C(=O)OC. The van der Waals surface area contributed by atoms with Crippen LogP contribution < -0.4 is 0 Å². The van der Waals surface area contributed by atoms with Crippen LogP contribution in [0, 0.1) is 11.3 Å². The lowest BCUT2D eigenvalue weighted by Gasteiger charge is -2.03. The molecular weight excluding hydrogens is 228 g/mol. The molecule has 0 fully saturated rings. The second-order valence-corrected chi connectivity index (χ2v) is 3.29.